The van der Waals surface area contributed by atoms with Crippen LogP contribution in [0.1, 0.15) is 45.6 Å². The molecule has 1 saturated carbocycles. The van der Waals surface area contributed by atoms with E-state index >= 15 is 0 Å². The summed E-state index contributed by atoms with van der Waals surface area (Å²) in [4.78, 5) is 25.1. The summed E-state index contributed by atoms with van der Waals surface area (Å²) in [7, 11) is 0. The number of nitrogens with zero attached hydrogens (tertiary/aromatic N) is 2. The lowest BCUT2D eigenvalue weighted by molar-refractivity contribution is -0.128. The molecule has 1 aliphatic carbocycles. The summed E-state index contributed by atoms with van der Waals surface area (Å²) >= 11 is -1.31. The lowest BCUT2D eigenvalue weighted by Gasteiger charge is -2.32. The summed E-state index contributed by atoms with van der Waals surface area (Å²) < 4.78 is 29.4. The molecule has 2 aliphatic rings. The van der Waals surface area contributed by atoms with Crippen molar-refractivity contribution < 1.29 is 18.2 Å². The maximum Gasteiger partial charge on any atom is 0.241 e. The molecule has 0 aromatic heterocycles. The third-order valence-electron chi connectivity index (χ3n) is 6.73. The SMILES string of the molecule is CC(CC(N)CNC(=O)C(C)(C)N1CCN(C2CC2)S1=O)C(=O)Nc1ccc(F)cc1.Cc1ccccc1. The average molecular weight is 546 g/mol. The second-order valence-corrected chi connectivity index (χ2v) is 11.9. The Kier molecular flexibility index (Phi) is 10.6. The molecule has 0 spiro atoms. The molecular formula is C28H40FN5O3S. The first kappa shape index (κ1) is 29.9. The molecule has 2 fully saturated rings. The van der Waals surface area contributed by atoms with E-state index in [-0.39, 0.29) is 30.1 Å². The van der Waals surface area contributed by atoms with Crippen LogP contribution < -0.4 is 16.4 Å². The maximum atomic E-state index is 13.0. The van der Waals surface area contributed by atoms with Crippen LogP contribution in [0, 0.1) is 18.7 Å². The van der Waals surface area contributed by atoms with Gasteiger partial charge in [0.05, 0.1) is 0 Å². The minimum atomic E-state index is -1.31. The first-order chi connectivity index (χ1) is 18.0. The number of benzene rings is 2. The molecule has 2 aromatic carbocycles. The normalized spacial score (nSPS) is 19.7. The largest absolute Gasteiger partial charge is 0.353 e. The van der Waals surface area contributed by atoms with Gasteiger partial charge in [-0.05, 0) is 64.3 Å². The van der Waals surface area contributed by atoms with Crippen molar-refractivity contribution in [2.75, 3.05) is 25.0 Å². The Balaban J connectivity index is 0.000000494. The number of aryl methyl sites for hydroxylation is 1. The summed E-state index contributed by atoms with van der Waals surface area (Å²) in [5.74, 6) is -1.22. The summed E-state index contributed by atoms with van der Waals surface area (Å²) in [6, 6.07) is 15.8. The highest BCUT2D eigenvalue weighted by Crippen LogP contribution is 2.34. The molecule has 2 aromatic rings. The summed E-state index contributed by atoms with van der Waals surface area (Å²) in [6.45, 7) is 8.86. The number of carbonyl (C=O) groups is 2. The molecule has 2 amide bonds. The number of hydrogen-bond acceptors (Lipinski definition) is 4. The second kappa shape index (κ2) is 13.4. The van der Waals surface area contributed by atoms with Gasteiger partial charge in [-0.25, -0.2) is 12.9 Å². The van der Waals surface area contributed by atoms with Crippen molar-refractivity contribution >= 4 is 28.7 Å². The summed E-state index contributed by atoms with van der Waals surface area (Å²) in [5, 5.41) is 5.58. The van der Waals surface area contributed by atoms with E-state index in [1.165, 1.54) is 29.8 Å². The Hall–Kier alpha value is -2.66. The average Bonchev–Trinajstić information content (AvgIpc) is 3.65. The first-order valence-corrected chi connectivity index (χ1v) is 14.1. The van der Waals surface area contributed by atoms with Crippen molar-refractivity contribution in [2.24, 2.45) is 11.7 Å². The summed E-state index contributed by atoms with van der Waals surface area (Å²) in [5.41, 5.74) is 7.05. The lowest BCUT2D eigenvalue weighted by atomic mass is 10.00. The molecule has 208 valence electrons. The third kappa shape index (κ3) is 8.42. The van der Waals surface area contributed by atoms with Crippen LogP contribution in [0.5, 0.6) is 0 Å². The van der Waals surface area contributed by atoms with Gasteiger partial charge in [-0.2, -0.15) is 4.31 Å². The minimum absolute atomic E-state index is 0.212. The number of halogens is 1. The Bertz CT molecular complexity index is 1100. The highest BCUT2D eigenvalue weighted by molar-refractivity contribution is 7.80. The maximum absolute atomic E-state index is 13.0. The standard InChI is InChI=1S/C21H32FN5O3S.C7H8/c1-14(19(28)25-17-6-4-15(22)5-7-17)12-16(23)13-24-20(29)21(2,3)27-11-10-26(31(27)30)18-8-9-18;1-7-5-3-2-4-6-7/h4-7,14,16,18H,8-13,23H2,1-3H3,(H,24,29)(H,25,28);2-6H,1H3. The van der Waals surface area contributed by atoms with Gasteiger partial charge >= 0.3 is 0 Å². The zero-order valence-corrected chi connectivity index (χ0v) is 23.5. The van der Waals surface area contributed by atoms with Crippen molar-refractivity contribution in [1.82, 2.24) is 13.9 Å². The van der Waals surface area contributed by atoms with Gasteiger partial charge in [0.15, 0.2) is 11.2 Å². The van der Waals surface area contributed by atoms with E-state index in [0.29, 0.717) is 31.2 Å². The Morgan fingerprint density at radius 2 is 1.74 bits per heavy atom. The van der Waals surface area contributed by atoms with Crippen LogP contribution >= 0.6 is 0 Å². The van der Waals surface area contributed by atoms with E-state index in [1.54, 1.807) is 25.1 Å². The number of hydrogen-bond donors (Lipinski definition) is 3. The van der Waals surface area contributed by atoms with Gasteiger partial charge in [0.2, 0.25) is 11.8 Å². The van der Waals surface area contributed by atoms with Crippen LogP contribution in [0.15, 0.2) is 54.6 Å². The minimum Gasteiger partial charge on any atom is -0.353 e. The quantitative estimate of drug-likeness (QED) is 0.449. The van der Waals surface area contributed by atoms with Gasteiger partial charge in [0.25, 0.3) is 0 Å². The van der Waals surface area contributed by atoms with Gasteiger partial charge in [-0.15, -0.1) is 0 Å². The van der Waals surface area contributed by atoms with Crippen LogP contribution in [0.4, 0.5) is 10.1 Å². The van der Waals surface area contributed by atoms with Crippen LogP contribution in [-0.2, 0) is 20.8 Å². The van der Waals surface area contributed by atoms with E-state index in [0.717, 1.165) is 12.8 Å². The van der Waals surface area contributed by atoms with E-state index < -0.39 is 22.8 Å². The molecule has 3 atom stereocenters. The second-order valence-electron chi connectivity index (χ2n) is 10.5. The highest BCUT2D eigenvalue weighted by Gasteiger charge is 2.47. The van der Waals surface area contributed by atoms with Crippen LogP contribution in [-0.4, -0.2) is 61.9 Å². The molecule has 8 nitrogen and oxygen atoms in total. The number of nitrogens with one attached hydrogen (secondary N) is 2. The van der Waals surface area contributed by atoms with Crippen LogP contribution in [0.3, 0.4) is 0 Å². The van der Waals surface area contributed by atoms with Gasteiger partial charge in [-0.1, -0.05) is 42.8 Å². The van der Waals surface area contributed by atoms with Crippen molar-refractivity contribution in [3.8, 4) is 0 Å². The Morgan fingerprint density at radius 3 is 2.29 bits per heavy atom. The Morgan fingerprint density at radius 1 is 1.11 bits per heavy atom. The van der Waals surface area contributed by atoms with Crippen molar-refractivity contribution in [2.45, 2.75) is 64.6 Å². The lowest BCUT2D eigenvalue weighted by Crippen LogP contribution is -2.56. The van der Waals surface area contributed by atoms with Crippen molar-refractivity contribution in [3.05, 3.63) is 66.0 Å². The first-order valence-electron chi connectivity index (χ1n) is 13.1. The van der Waals surface area contributed by atoms with E-state index in [1.807, 2.05) is 22.5 Å². The van der Waals surface area contributed by atoms with Gasteiger partial charge in [-0.3, -0.25) is 9.59 Å². The fourth-order valence-electron chi connectivity index (χ4n) is 4.15. The van der Waals surface area contributed by atoms with Crippen molar-refractivity contribution in [1.29, 1.82) is 0 Å². The molecule has 1 heterocycles. The van der Waals surface area contributed by atoms with Gasteiger partial charge in [0, 0.05) is 43.3 Å². The van der Waals surface area contributed by atoms with Crippen LogP contribution in [0.25, 0.3) is 0 Å². The third-order valence-corrected chi connectivity index (χ3v) is 8.62. The molecule has 4 rings (SSSR count). The smallest absolute Gasteiger partial charge is 0.241 e. The molecule has 1 saturated heterocycles. The predicted molar refractivity (Wildman–Crippen MR) is 150 cm³/mol. The van der Waals surface area contributed by atoms with Crippen LogP contribution in [0.2, 0.25) is 0 Å². The predicted octanol–water partition coefficient (Wildman–Crippen LogP) is 3.37. The summed E-state index contributed by atoms with van der Waals surface area (Å²) in [6.07, 6.45) is 2.50. The Labute approximate surface area is 227 Å². The fraction of sp³-hybridized carbons (Fsp3) is 0.500. The molecule has 4 N–H and O–H groups in total. The number of carbonyl (C=O) groups excluding carboxylic acids is 2. The zero-order valence-electron chi connectivity index (χ0n) is 22.7. The molecular weight excluding hydrogens is 505 g/mol. The molecule has 10 heteroatoms. The van der Waals surface area contributed by atoms with E-state index in [9.17, 15) is 18.2 Å². The molecule has 38 heavy (non-hydrogen) atoms. The monoisotopic (exact) mass is 545 g/mol. The van der Waals surface area contributed by atoms with Gasteiger partial charge in [0.1, 0.15) is 11.4 Å². The zero-order chi connectivity index (χ0) is 27.9. The number of amides is 2. The highest BCUT2D eigenvalue weighted by atomic mass is 32.2. The number of rotatable bonds is 9. The molecule has 1 aliphatic heterocycles. The van der Waals surface area contributed by atoms with E-state index in [2.05, 4.69) is 29.7 Å². The molecule has 3 unspecified atom stereocenters. The fourth-order valence-corrected chi connectivity index (χ4v) is 5.82. The molecule has 0 radical (unpaired) electrons. The van der Waals surface area contributed by atoms with Crippen molar-refractivity contribution in [3.63, 3.8) is 0 Å². The number of nitrogens with two attached hydrogens (primary N) is 1. The van der Waals surface area contributed by atoms with Gasteiger partial charge < -0.3 is 16.4 Å². The molecule has 0 bridgehead atoms. The topological polar surface area (TPSA) is 108 Å². The number of anilines is 1. The van der Waals surface area contributed by atoms with E-state index in [4.69, 9.17) is 5.73 Å².